The van der Waals surface area contributed by atoms with E-state index in [4.69, 9.17) is 4.74 Å². The summed E-state index contributed by atoms with van der Waals surface area (Å²) in [6, 6.07) is 7.57. The summed E-state index contributed by atoms with van der Waals surface area (Å²) in [6.07, 6.45) is 4.15. The molecule has 1 aromatic carbocycles. The van der Waals surface area contributed by atoms with Crippen LogP contribution in [0.5, 0.6) is 5.75 Å². The van der Waals surface area contributed by atoms with E-state index in [1.54, 1.807) is 20.2 Å². The van der Waals surface area contributed by atoms with Gasteiger partial charge in [-0.15, -0.1) is 0 Å². The SMILES string of the molecule is COc1ccc(-c2[nH]ncc2CNc2nc(C)ncc2S(C)(=O)=O)cc1. The predicted molar refractivity (Wildman–Crippen MR) is 97.8 cm³/mol. The molecule has 0 saturated carbocycles. The average Bonchev–Trinajstić information content (AvgIpc) is 3.07. The van der Waals surface area contributed by atoms with Crippen molar-refractivity contribution >= 4 is 15.7 Å². The molecule has 8 nitrogen and oxygen atoms in total. The van der Waals surface area contributed by atoms with Crippen LogP contribution in [0.1, 0.15) is 11.4 Å². The van der Waals surface area contributed by atoms with Gasteiger partial charge >= 0.3 is 0 Å². The molecule has 0 spiro atoms. The van der Waals surface area contributed by atoms with E-state index in [9.17, 15) is 8.42 Å². The van der Waals surface area contributed by atoms with E-state index < -0.39 is 9.84 Å². The second-order valence-electron chi connectivity index (χ2n) is 5.75. The number of nitrogens with one attached hydrogen (secondary N) is 2. The predicted octanol–water partition coefficient (Wildman–Crippen LogP) is 2.20. The summed E-state index contributed by atoms with van der Waals surface area (Å²) in [4.78, 5) is 8.25. The molecule has 0 saturated heterocycles. The van der Waals surface area contributed by atoms with Crippen LogP contribution < -0.4 is 10.1 Å². The van der Waals surface area contributed by atoms with Crippen molar-refractivity contribution in [3.8, 4) is 17.0 Å². The second kappa shape index (κ2) is 7.12. The Morgan fingerprint density at radius 1 is 1.19 bits per heavy atom. The summed E-state index contributed by atoms with van der Waals surface area (Å²) >= 11 is 0. The van der Waals surface area contributed by atoms with Gasteiger partial charge in [0.05, 0.1) is 25.2 Å². The minimum absolute atomic E-state index is 0.0672. The van der Waals surface area contributed by atoms with Crippen molar-refractivity contribution in [1.82, 2.24) is 20.2 Å². The lowest BCUT2D eigenvalue weighted by Gasteiger charge is -2.10. The summed E-state index contributed by atoms with van der Waals surface area (Å²) in [7, 11) is -1.82. The number of sulfone groups is 1. The van der Waals surface area contributed by atoms with E-state index in [1.165, 1.54) is 6.20 Å². The molecule has 9 heteroatoms. The minimum Gasteiger partial charge on any atom is -0.497 e. The Labute approximate surface area is 151 Å². The number of aryl methyl sites for hydroxylation is 1. The van der Waals surface area contributed by atoms with Gasteiger partial charge in [-0.3, -0.25) is 5.10 Å². The fourth-order valence-electron chi connectivity index (χ4n) is 2.49. The molecule has 26 heavy (non-hydrogen) atoms. The molecule has 3 aromatic rings. The van der Waals surface area contributed by atoms with Crippen LogP contribution in [-0.2, 0) is 16.4 Å². The fourth-order valence-corrected chi connectivity index (χ4v) is 3.20. The highest BCUT2D eigenvalue weighted by molar-refractivity contribution is 7.90. The maximum atomic E-state index is 11.9. The van der Waals surface area contributed by atoms with Crippen molar-refractivity contribution in [2.75, 3.05) is 18.7 Å². The van der Waals surface area contributed by atoms with Crippen LogP contribution in [0.3, 0.4) is 0 Å². The van der Waals surface area contributed by atoms with Gasteiger partial charge in [0.1, 0.15) is 22.3 Å². The third-order valence-corrected chi connectivity index (χ3v) is 4.92. The molecular weight excluding hydrogens is 354 g/mol. The number of hydrogen-bond acceptors (Lipinski definition) is 7. The Morgan fingerprint density at radius 2 is 1.92 bits per heavy atom. The minimum atomic E-state index is -3.44. The molecule has 0 atom stereocenters. The van der Waals surface area contributed by atoms with Gasteiger partial charge in [-0.05, 0) is 31.2 Å². The summed E-state index contributed by atoms with van der Waals surface area (Å²) in [5, 5.41) is 10.1. The lowest BCUT2D eigenvalue weighted by Crippen LogP contribution is -2.10. The zero-order chi connectivity index (χ0) is 18.7. The topological polar surface area (TPSA) is 110 Å². The normalized spacial score (nSPS) is 11.3. The van der Waals surface area contributed by atoms with Crippen molar-refractivity contribution in [3.63, 3.8) is 0 Å². The summed E-state index contributed by atoms with van der Waals surface area (Å²) in [5.41, 5.74) is 2.67. The lowest BCUT2D eigenvalue weighted by atomic mass is 10.1. The van der Waals surface area contributed by atoms with Crippen LogP contribution in [0, 0.1) is 6.92 Å². The smallest absolute Gasteiger partial charge is 0.180 e. The number of ether oxygens (including phenoxy) is 1. The summed E-state index contributed by atoms with van der Waals surface area (Å²) in [6.45, 7) is 2.06. The number of aromatic amines is 1. The molecular formula is C17H19N5O3S. The van der Waals surface area contributed by atoms with E-state index >= 15 is 0 Å². The zero-order valence-electron chi connectivity index (χ0n) is 14.6. The molecule has 0 amide bonds. The van der Waals surface area contributed by atoms with Crippen LogP contribution in [0.2, 0.25) is 0 Å². The molecule has 3 rings (SSSR count). The number of nitrogens with zero attached hydrogens (tertiary/aromatic N) is 3. The molecule has 136 valence electrons. The van der Waals surface area contributed by atoms with Gasteiger partial charge in [0, 0.05) is 23.9 Å². The van der Waals surface area contributed by atoms with Gasteiger partial charge < -0.3 is 10.1 Å². The molecule has 0 fully saturated rings. The molecule has 0 aliphatic carbocycles. The largest absolute Gasteiger partial charge is 0.497 e. The van der Waals surface area contributed by atoms with Gasteiger partial charge in [-0.1, -0.05) is 0 Å². The number of benzene rings is 1. The van der Waals surface area contributed by atoms with E-state index in [0.29, 0.717) is 12.4 Å². The van der Waals surface area contributed by atoms with Crippen molar-refractivity contribution in [3.05, 3.63) is 48.0 Å². The van der Waals surface area contributed by atoms with Crippen molar-refractivity contribution in [1.29, 1.82) is 0 Å². The van der Waals surface area contributed by atoms with E-state index in [-0.39, 0.29) is 10.7 Å². The quantitative estimate of drug-likeness (QED) is 0.681. The summed E-state index contributed by atoms with van der Waals surface area (Å²) < 4.78 is 29.0. The highest BCUT2D eigenvalue weighted by Gasteiger charge is 2.16. The van der Waals surface area contributed by atoms with E-state index in [2.05, 4.69) is 25.5 Å². The van der Waals surface area contributed by atoms with Gasteiger partial charge in [-0.2, -0.15) is 5.10 Å². The maximum absolute atomic E-state index is 11.9. The molecule has 2 aromatic heterocycles. The Morgan fingerprint density at radius 3 is 2.58 bits per heavy atom. The first-order chi connectivity index (χ1) is 12.4. The van der Waals surface area contributed by atoms with Gasteiger partial charge in [0.25, 0.3) is 0 Å². The standard InChI is InChI=1S/C17H19N5O3S/c1-11-18-10-15(26(3,23)24)17(21-11)19-8-13-9-20-22-16(13)12-4-6-14(25-2)7-5-12/h4-7,9-10H,8H2,1-3H3,(H,20,22)(H,18,19,21). The highest BCUT2D eigenvalue weighted by atomic mass is 32.2. The monoisotopic (exact) mass is 373 g/mol. The number of anilines is 1. The van der Waals surface area contributed by atoms with Crippen LogP contribution in [0.25, 0.3) is 11.3 Å². The van der Waals surface area contributed by atoms with Gasteiger partial charge in [0.2, 0.25) is 0 Å². The summed E-state index contributed by atoms with van der Waals surface area (Å²) in [5.74, 6) is 1.53. The molecule has 0 radical (unpaired) electrons. The van der Waals surface area contributed by atoms with Crippen LogP contribution >= 0.6 is 0 Å². The molecule has 0 aliphatic rings. The number of rotatable bonds is 6. The maximum Gasteiger partial charge on any atom is 0.180 e. The first-order valence-corrected chi connectivity index (χ1v) is 9.72. The highest BCUT2D eigenvalue weighted by Crippen LogP contribution is 2.25. The number of aromatic nitrogens is 4. The zero-order valence-corrected chi connectivity index (χ0v) is 15.5. The second-order valence-corrected chi connectivity index (χ2v) is 7.74. The van der Waals surface area contributed by atoms with Crippen LogP contribution in [0.15, 0.2) is 41.6 Å². The number of H-pyrrole nitrogens is 1. The van der Waals surface area contributed by atoms with Crippen LogP contribution in [-0.4, -0.2) is 41.9 Å². The van der Waals surface area contributed by atoms with Gasteiger partial charge in [0.15, 0.2) is 9.84 Å². The van der Waals surface area contributed by atoms with Crippen molar-refractivity contribution < 1.29 is 13.2 Å². The van der Waals surface area contributed by atoms with E-state index in [0.717, 1.165) is 28.8 Å². The Balaban J connectivity index is 1.86. The Kier molecular flexibility index (Phi) is 4.90. The third kappa shape index (κ3) is 3.83. The number of methoxy groups -OCH3 is 1. The molecule has 0 bridgehead atoms. The fraction of sp³-hybridized carbons (Fsp3) is 0.235. The molecule has 2 heterocycles. The first kappa shape index (κ1) is 17.9. The average molecular weight is 373 g/mol. The van der Waals surface area contributed by atoms with Crippen molar-refractivity contribution in [2.24, 2.45) is 0 Å². The van der Waals surface area contributed by atoms with Gasteiger partial charge in [-0.25, -0.2) is 18.4 Å². The Bertz CT molecular complexity index is 1010. The molecule has 0 unspecified atom stereocenters. The molecule has 0 aliphatic heterocycles. The first-order valence-electron chi connectivity index (χ1n) is 7.82. The number of hydrogen-bond donors (Lipinski definition) is 2. The Hall–Kier alpha value is -2.94. The third-order valence-electron chi connectivity index (χ3n) is 3.82. The van der Waals surface area contributed by atoms with E-state index in [1.807, 2.05) is 24.3 Å². The van der Waals surface area contributed by atoms with Crippen molar-refractivity contribution in [2.45, 2.75) is 18.4 Å². The molecule has 2 N–H and O–H groups in total. The van der Waals surface area contributed by atoms with Crippen LogP contribution in [0.4, 0.5) is 5.82 Å². The lowest BCUT2D eigenvalue weighted by molar-refractivity contribution is 0.415.